The Hall–Kier alpha value is -1.23. The number of piperazine rings is 1. The Morgan fingerprint density at radius 2 is 1.70 bits per heavy atom. The molecular formula is C16H29F6N5. The molecule has 1 fully saturated rings. The normalized spacial score (nSPS) is 18.9. The van der Waals surface area contributed by atoms with Gasteiger partial charge in [0.15, 0.2) is 5.96 Å². The van der Waals surface area contributed by atoms with Gasteiger partial charge < -0.3 is 10.2 Å². The summed E-state index contributed by atoms with van der Waals surface area (Å²) in [5, 5.41) is 3.09. The van der Waals surface area contributed by atoms with Crippen molar-refractivity contribution in [1.82, 2.24) is 20.0 Å². The molecule has 0 aromatic carbocycles. The number of guanidine groups is 1. The highest BCUT2D eigenvalue weighted by atomic mass is 19.4. The molecule has 1 heterocycles. The van der Waals surface area contributed by atoms with E-state index in [1.54, 1.807) is 0 Å². The summed E-state index contributed by atoms with van der Waals surface area (Å²) >= 11 is 0. The summed E-state index contributed by atoms with van der Waals surface area (Å²) in [5.74, 6) is 0.593. The average molecular weight is 405 g/mol. The maximum atomic E-state index is 12.8. The first-order valence-corrected chi connectivity index (χ1v) is 9.03. The Balaban J connectivity index is 2.48. The first kappa shape index (κ1) is 23.8. The number of hydrogen-bond acceptors (Lipinski definition) is 3. The molecule has 1 rings (SSSR count). The predicted molar refractivity (Wildman–Crippen MR) is 92.8 cm³/mol. The van der Waals surface area contributed by atoms with Crippen molar-refractivity contribution in [3.05, 3.63) is 0 Å². The van der Waals surface area contributed by atoms with Gasteiger partial charge in [0, 0.05) is 39.3 Å². The summed E-state index contributed by atoms with van der Waals surface area (Å²) in [6, 6.07) is -1.48. The zero-order valence-corrected chi connectivity index (χ0v) is 16.0. The molecule has 1 atom stereocenters. The Bertz CT molecular complexity index is 457. The van der Waals surface area contributed by atoms with Gasteiger partial charge in [-0.25, -0.2) is 0 Å². The molecule has 5 nitrogen and oxygen atoms in total. The predicted octanol–water partition coefficient (Wildman–Crippen LogP) is 2.40. The summed E-state index contributed by atoms with van der Waals surface area (Å²) in [4.78, 5) is 8.89. The Morgan fingerprint density at radius 3 is 2.19 bits per heavy atom. The van der Waals surface area contributed by atoms with Crippen molar-refractivity contribution in [3.8, 4) is 0 Å². The van der Waals surface area contributed by atoms with Crippen LogP contribution < -0.4 is 5.32 Å². The van der Waals surface area contributed by atoms with E-state index in [9.17, 15) is 26.3 Å². The van der Waals surface area contributed by atoms with Crippen LogP contribution in [0.1, 0.15) is 20.3 Å². The number of aliphatic imine (C=N–C) groups is 1. The van der Waals surface area contributed by atoms with Gasteiger partial charge in [-0.05, 0) is 33.9 Å². The summed E-state index contributed by atoms with van der Waals surface area (Å²) in [7, 11) is 1.41. The van der Waals surface area contributed by atoms with E-state index < -0.39 is 24.9 Å². The van der Waals surface area contributed by atoms with Crippen molar-refractivity contribution in [2.45, 2.75) is 38.7 Å². The summed E-state index contributed by atoms with van der Waals surface area (Å²) in [5.41, 5.74) is 0. The highest BCUT2D eigenvalue weighted by Crippen LogP contribution is 2.25. The number of nitrogens with zero attached hydrogens (tertiary/aromatic N) is 4. The van der Waals surface area contributed by atoms with Gasteiger partial charge in [0.1, 0.15) is 6.04 Å². The van der Waals surface area contributed by atoms with Crippen LogP contribution in [0.15, 0.2) is 4.99 Å². The molecule has 160 valence electrons. The Kier molecular flexibility index (Phi) is 9.13. The second-order valence-corrected chi connectivity index (χ2v) is 6.68. The fraction of sp³-hybridized carbons (Fsp3) is 0.938. The molecule has 1 saturated heterocycles. The lowest BCUT2D eigenvalue weighted by atomic mass is 10.2. The van der Waals surface area contributed by atoms with Gasteiger partial charge in [-0.1, -0.05) is 0 Å². The molecule has 11 heteroatoms. The quantitative estimate of drug-likeness (QED) is 0.305. The second kappa shape index (κ2) is 10.4. The van der Waals surface area contributed by atoms with Crippen molar-refractivity contribution in [2.75, 3.05) is 59.4 Å². The van der Waals surface area contributed by atoms with Gasteiger partial charge in [-0.2, -0.15) is 26.3 Å². The topological polar surface area (TPSA) is 34.1 Å². The van der Waals surface area contributed by atoms with Gasteiger partial charge >= 0.3 is 12.4 Å². The SMILES string of the molecule is CCNC(=NCCCN(C)CC(F)(F)F)N1CCN(C(C)C(F)(F)F)CC1. The van der Waals surface area contributed by atoms with E-state index >= 15 is 0 Å². The number of nitrogens with one attached hydrogen (secondary N) is 1. The fourth-order valence-electron chi connectivity index (χ4n) is 2.86. The van der Waals surface area contributed by atoms with Gasteiger partial charge in [0.2, 0.25) is 0 Å². The minimum Gasteiger partial charge on any atom is -0.357 e. The van der Waals surface area contributed by atoms with E-state index in [2.05, 4.69) is 10.3 Å². The van der Waals surface area contributed by atoms with E-state index in [0.717, 1.165) is 6.92 Å². The van der Waals surface area contributed by atoms with Gasteiger partial charge in [-0.15, -0.1) is 0 Å². The van der Waals surface area contributed by atoms with Crippen LogP contribution in [0.25, 0.3) is 0 Å². The number of hydrogen-bond donors (Lipinski definition) is 1. The van der Waals surface area contributed by atoms with E-state index in [1.807, 2.05) is 11.8 Å². The van der Waals surface area contributed by atoms with Gasteiger partial charge in [-0.3, -0.25) is 14.8 Å². The summed E-state index contributed by atoms with van der Waals surface area (Å²) in [6.07, 6.45) is -8.00. The first-order valence-electron chi connectivity index (χ1n) is 9.03. The Labute approximate surface area is 156 Å². The largest absolute Gasteiger partial charge is 0.403 e. The van der Waals surface area contributed by atoms with E-state index in [0.29, 0.717) is 38.6 Å². The molecule has 0 aliphatic carbocycles. The third-order valence-electron chi connectivity index (χ3n) is 4.38. The zero-order chi connectivity index (χ0) is 20.7. The molecule has 0 amide bonds. The molecule has 1 aliphatic rings. The van der Waals surface area contributed by atoms with Crippen molar-refractivity contribution in [3.63, 3.8) is 0 Å². The van der Waals surface area contributed by atoms with Crippen LogP contribution in [-0.4, -0.2) is 98.5 Å². The van der Waals surface area contributed by atoms with Crippen molar-refractivity contribution in [1.29, 1.82) is 0 Å². The summed E-state index contributed by atoms with van der Waals surface area (Å²) < 4.78 is 75.3. The van der Waals surface area contributed by atoms with Crippen molar-refractivity contribution in [2.24, 2.45) is 4.99 Å². The Morgan fingerprint density at radius 1 is 1.11 bits per heavy atom. The van der Waals surface area contributed by atoms with Crippen LogP contribution in [0.3, 0.4) is 0 Å². The average Bonchev–Trinajstić information content (AvgIpc) is 2.55. The molecule has 0 saturated carbocycles. The van der Waals surface area contributed by atoms with Gasteiger partial charge in [0.05, 0.1) is 6.54 Å². The molecule has 0 bridgehead atoms. The maximum Gasteiger partial charge on any atom is 0.403 e. The second-order valence-electron chi connectivity index (χ2n) is 6.68. The molecule has 0 spiro atoms. The van der Waals surface area contributed by atoms with E-state index in [1.165, 1.54) is 16.8 Å². The molecule has 0 radical (unpaired) electrons. The molecular weight excluding hydrogens is 376 g/mol. The molecule has 0 aromatic heterocycles. The van der Waals surface area contributed by atoms with E-state index in [-0.39, 0.29) is 19.6 Å². The monoisotopic (exact) mass is 405 g/mol. The van der Waals surface area contributed by atoms with Crippen LogP contribution in [0.2, 0.25) is 0 Å². The molecule has 0 aromatic rings. The third-order valence-corrected chi connectivity index (χ3v) is 4.38. The van der Waals surface area contributed by atoms with Crippen LogP contribution in [0, 0.1) is 0 Å². The minimum absolute atomic E-state index is 0.263. The van der Waals surface area contributed by atoms with Crippen molar-refractivity contribution >= 4 is 5.96 Å². The standard InChI is InChI=1S/C16H29F6N5/c1-4-23-14(24-6-5-7-25(3)12-15(17,18)19)27-10-8-26(9-11-27)13(2)16(20,21)22/h13H,4-12H2,1-3H3,(H,23,24). The summed E-state index contributed by atoms with van der Waals surface area (Å²) in [6.45, 7) is 4.69. The molecule has 1 N–H and O–H groups in total. The minimum atomic E-state index is -4.25. The lowest BCUT2D eigenvalue weighted by Gasteiger charge is -2.39. The number of halogens is 6. The molecule has 1 unspecified atom stereocenters. The lowest BCUT2D eigenvalue weighted by Crippen LogP contribution is -2.56. The maximum absolute atomic E-state index is 12.8. The number of alkyl halides is 6. The highest BCUT2D eigenvalue weighted by molar-refractivity contribution is 5.80. The zero-order valence-electron chi connectivity index (χ0n) is 16.0. The van der Waals surface area contributed by atoms with E-state index in [4.69, 9.17) is 0 Å². The first-order chi connectivity index (χ1) is 12.4. The van der Waals surface area contributed by atoms with Crippen LogP contribution in [0.4, 0.5) is 26.3 Å². The molecule has 27 heavy (non-hydrogen) atoms. The third kappa shape index (κ3) is 9.00. The van der Waals surface area contributed by atoms with Crippen LogP contribution >= 0.6 is 0 Å². The van der Waals surface area contributed by atoms with Crippen LogP contribution in [0.5, 0.6) is 0 Å². The lowest BCUT2D eigenvalue weighted by molar-refractivity contribution is -0.181. The smallest absolute Gasteiger partial charge is 0.357 e. The highest BCUT2D eigenvalue weighted by Gasteiger charge is 2.41. The van der Waals surface area contributed by atoms with Gasteiger partial charge in [0.25, 0.3) is 0 Å². The van der Waals surface area contributed by atoms with Crippen molar-refractivity contribution < 1.29 is 26.3 Å². The molecule has 1 aliphatic heterocycles. The van der Waals surface area contributed by atoms with Crippen LogP contribution in [-0.2, 0) is 0 Å². The fourth-order valence-corrected chi connectivity index (χ4v) is 2.86. The number of rotatable bonds is 7.